The van der Waals surface area contributed by atoms with Crippen LogP contribution < -0.4 is 10.2 Å². The third-order valence-electron chi connectivity index (χ3n) is 3.59. The SMILES string of the molecule is CC(=O)Nc1ccc(S(=O)(=O)O)c(N2C(=O)c3ccccc3C2=O)c1. The molecular weight excluding hydrogens is 348 g/mol. The van der Waals surface area contributed by atoms with Gasteiger partial charge in [-0.15, -0.1) is 0 Å². The summed E-state index contributed by atoms with van der Waals surface area (Å²) < 4.78 is 32.7. The molecule has 2 aromatic rings. The van der Waals surface area contributed by atoms with Crippen molar-refractivity contribution in [2.75, 3.05) is 10.2 Å². The zero-order valence-electron chi connectivity index (χ0n) is 12.9. The number of hydrogen-bond acceptors (Lipinski definition) is 5. The van der Waals surface area contributed by atoms with Crippen LogP contribution >= 0.6 is 0 Å². The molecule has 2 aromatic carbocycles. The largest absolute Gasteiger partial charge is 0.326 e. The molecule has 1 aliphatic rings. The Morgan fingerprint density at radius 2 is 1.60 bits per heavy atom. The lowest BCUT2D eigenvalue weighted by molar-refractivity contribution is -0.114. The Morgan fingerprint density at radius 3 is 2.08 bits per heavy atom. The third kappa shape index (κ3) is 2.90. The fraction of sp³-hybridized carbons (Fsp3) is 0.0625. The van der Waals surface area contributed by atoms with E-state index in [9.17, 15) is 27.4 Å². The van der Waals surface area contributed by atoms with Crippen LogP contribution in [0.15, 0.2) is 47.4 Å². The van der Waals surface area contributed by atoms with Crippen LogP contribution in [-0.2, 0) is 14.9 Å². The van der Waals surface area contributed by atoms with Crippen molar-refractivity contribution in [1.82, 2.24) is 0 Å². The van der Waals surface area contributed by atoms with E-state index >= 15 is 0 Å². The van der Waals surface area contributed by atoms with Gasteiger partial charge >= 0.3 is 0 Å². The highest BCUT2D eigenvalue weighted by Crippen LogP contribution is 2.34. The van der Waals surface area contributed by atoms with Gasteiger partial charge in [0.1, 0.15) is 4.90 Å². The van der Waals surface area contributed by atoms with E-state index in [2.05, 4.69) is 5.32 Å². The highest BCUT2D eigenvalue weighted by molar-refractivity contribution is 7.86. The Hall–Kier alpha value is -3.04. The summed E-state index contributed by atoms with van der Waals surface area (Å²) in [7, 11) is -4.71. The molecule has 8 nitrogen and oxygen atoms in total. The van der Waals surface area contributed by atoms with Crippen molar-refractivity contribution in [2.24, 2.45) is 0 Å². The molecule has 0 bridgehead atoms. The summed E-state index contributed by atoms with van der Waals surface area (Å²) in [5.41, 5.74) is 0.0869. The van der Waals surface area contributed by atoms with E-state index in [0.29, 0.717) is 4.90 Å². The molecule has 0 saturated carbocycles. The maximum Gasteiger partial charge on any atom is 0.296 e. The Balaban J connectivity index is 2.20. The third-order valence-corrected chi connectivity index (χ3v) is 4.49. The molecule has 0 aromatic heterocycles. The number of anilines is 2. The number of fused-ring (bicyclic) bond motifs is 1. The summed E-state index contributed by atoms with van der Waals surface area (Å²) in [6, 6.07) is 9.44. The van der Waals surface area contributed by atoms with Gasteiger partial charge in [0.05, 0.1) is 16.8 Å². The van der Waals surface area contributed by atoms with E-state index in [-0.39, 0.29) is 22.5 Å². The number of carbonyl (C=O) groups is 3. The van der Waals surface area contributed by atoms with E-state index in [1.165, 1.54) is 25.1 Å². The molecule has 3 rings (SSSR count). The van der Waals surface area contributed by atoms with E-state index in [1.54, 1.807) is 12.1 Å². The van der Waals surface area contributed by atoms with Gasteiger partial charge in [-0.3, -0.25) is 18.9 Å². The first kappa shape index (κ1) is 16.8. The number of amides is 3. The van der Waals surface area contributed by atoms with Crippen LogP contribution in [0, 0.1) is 0 Å². The van der Waals surface area contributed by atoms with E-state index in [0.717, 1.165) is 12.1 Å². The molecule has 0 atom stereocenters. The normalized spacial score (nSPS) is 13.8. The van der Waals surface area contributed by atoms with Gasteiger partial charge in [-0.2, -0.15) is 8.42 Å². The second-order valence-electron chi connectivity index (χ2n) is 5.33. The standard InChI is InChI=1S/C16H12N2O6S/c1-9(19)17-10-6-7-14(25(22,23)24)13(8-10)18-15(20)11-4-2-3-5-12(11)16(18)21/h2-8H,1H3,(H,17,19)(H,22,23,24). The number of nitrogens with one attached hydrogen (secondary N) is 1. The number of hydrogen-bond donors (Lipinski definition) is 2. The smallest absolute Gasteiger partial charge is 0.296 e. The van der Waals surface area contributed by atoms with Gasteiger partial charge in [-0.1, -0.05) is 12.1 Å². The van der Waals surface area contributed by atoms with Crippen molar-refractivity contribution in [2.45, 2.75) is 11.8 Å². The molecule has 0 unspecified atom stereocenters. The lowest BCUT2D eigenvalue weighted by atomic mass is 10.1. The van der Waals surface area contributed by atoms with Crippen molar-refractivity contribution in [3.8, 4) is 0 Å². The minimum atomic E-state index is -4.71. The lowest BCUT2D eigenvalue weighted by Crippen LogP contribution is -2.31. The van der Waals surface area contributed by atoms with Gasteiger partial charge in [0, 0.05) is 12.6 Å². The minimum absolute atomic E-state index is 0.124. The fourth-order valence-electron chi connectivity index (χ4n) is 2.60. The Morgan fingerprint density at radius 1 is 1.04 bits per heavy atom. The number of imide groups is 1. The molecular formula is C16H12N2O6S. The fourth-order valence-corrected chi connectivity index (χ4v) is 3.25. The highest BCUT2D eigenvalue weighted by atomic mass is 32.2. The molecule has 0 spiro atoms. The summed E-state index contributed by atoms with van der Waals surface area (Å²) in [4.78, 5) is 36.4. The predicted molar refractivity (Wildman–Crippen MR) is 88.1 cm³/mol. The van der Waals surface area contributed by atoms with Crippen LogP contribution in [0.3, 0.4) is 0 Å². The van der Waals surface area contributed by atoms with Gasteiger partial charge in [-0.25, -0.2) is 4.90 Å². The molecule has 25 heavy (non-hydrogen) atoms. The number of rotatable bonds is 3. The first-order valence-electron chi connectivity index (χ1n) is 7.07. The molecule has 9 heteroatoms. The maximum absolute atomic E-state index is 12.6. The van der Waals surface area contributed by atoms with Crippen LogP contribution in [-0.4, -0.2) is 30.7 Å². The number of benzene rings is 2. The first-order chi connectivity index (χ1) is 11.7. The van der Waals surface area contributed by atoms with Crippen LogP contribution in [0.25, 0.3) is 0 Å². The van der Waals surface area contributed by atoms with Crippen molar-refractivity contribution in [3.63, 3.8) is 0 Å². The maximum atomic E-state index is 12.6. The summed E-state index contributed by atoms with van der Waals surface area (Å²) in [6.07, 6.45) is 0. The van der Waals surface area contributed by atoms with E-state index < -0.39 is 32.7 Å². The summed E-state index contributed by atoms with van der Waals surface area (Å²) >= 11 is 0. The highest BCUT2D eigenvalue weighted by Gasteiger charge is 2.39. The van der Waals surface area contributed by atoms with Gasteiger partial charge in [-0.05, 0) is 30.3 Å². The Kier molecular flexibility index (Phi) is 3.90. The van der Waals surface area contributed by atoms with Crippen molar-refractivity contribution in [1.29, 1.82) is 0 Å². The summed E-state index contributed by atoms with van der Waals surface area (Å²) in [5, 5.41) is 2.43. The van der Waals surface area contributed by atoms with Crippen molar-refractivity contribution >= 4 is 39.2 Å². The van der Waals surface area contributed by atoms with Crippen LogP contribution in [0.5, 0.6) is 0 Å². The van der Waals surface area contributed by atoms with Crippen molar-refractivity contribution in [3.05, 3.63) is 53.6 Å². The quantitative estimate of drug-likeness (QED) is 0.635. The van der Waals surface area contributed by atoms with Crippen LogP contribution in [0.2, 0.25) is 0 Å². The molecule has 3 amide bonds. The molecule has 2 N–H and O–H groups in total. The minimum Gasteiger partial charge on any atom is -0.326 e. The van der Waals surface area contributed by atoms with Crippen LogP contribution in [0.1, 0.15) is 27.6 Å². The monoisotopic (exact) mass is 360 g/mol. The molecule has 128 valence electrons. The van der Waals surface area contributed by atoms with Gasteiger partial charge in [0.2, 0.25) is 5.91 Å². The Bertz CT molecular complexity index is 994. The topological polar surface area (TPSA) is 121 Å². The molecule has 0 aliphatic carbocycles. The zero-order valence-corrected chi connectivity index (χ0v) is 13.7. The summed E-state index contributed by atoms with van der Waals surface area (Å²) in [5.74, 6) is -1.86. The average molecular weight is 360 g/mol. The summed E-state index contributed by atoms with van der Waals surface area (Å²) in [6.45, 7) is 1.25. The molecule has 1 heterocycles. The first-order valence-corrected chi connectivity index (χ1v) is 8.51. The van der Waals surface area contributed by atoms with E-state index in [4.69, 9.17) is 0 Å². The lowest BCUT2D eigenvalue weighted by Gasteiger charge is -2.18. The van der Waals surface area contributed by atoms with Crippen molar-refractivity contribution < 1.29 is 27.4 Å². The van der Waals surface area contributed by atoms with Gasteiger partial charge < -0.3 is 5.32 Å². The second kappa shape index (κ2) is 5.80. The van der Waals surface area contributed by atoms with Gasteiger partial charge in [0.25, 0.3) is 21.9 Å². The predicted octanol–water partition coefficient (Wildman–Crippen LogP) is 1.69. The second-order valence-corrected chi connectivity index (χ2v) is 6.72. The van der Waals surface area contributed by atoms with Crippen LogP contribution in [0.4, 0.5) is 11.4 Å². The molecule has 0 fully saturated rings. The zero-order chi connectivity index (χ0) is 18.4. The van der Waals surface area contributed by atoms with E-state index in [1.807, 2.05) is 0 Å². The molecule has 1 aliphatic heterocycles. The van der Waals surface area contributed by atoms with Gasteiger partial charge in [0.15, 0.2) is 0 Å². The Labute approximate surface area is 142 Å². The average Bonchev–Trinajstić information content (AvgIpc) is 2.77. The number of carbonyl (C=O) groups excluding carboxylic acids is 3. The molecule has 0 saturated heterocycles. The number of nitrogens with zero attached hydrogens (tertiary/aromatic N) is 1. The molecule has 0 radical (unpaired) electrons.